The highest BCUT2D eigenvalue weighted by atomic mass is 32.1. The summed E-state index contributed by atoms with van der Waals surface area (Å²) in [6, 6.07) is 9.08. The van der Waals surface area contributed by atoms with E-state index in [1.807, 2.05) is 11.3 Å². The van der Waals surface area contributed by atoms with Gasteiger partial charge in [-0.05, 0) is 62.3 Å². The van der Waals surface area contributed by atoms with Crippen molar-refractivity contribution in [2.24, 2.45) is 5.84 Å². The minimum absolute atomic E-state index is 0.117. The van der Waals surface area contributed by atoms with Crippen LogP contribution in [0.25, 0.3) is 0 Å². The molecule has 3 heteroatoms. The van der Waals surface area contributed by atoms with Crippen LogP contribution in [0.4, 0.5) is 0 Å². The summed E-state index contributed by atoms with van der Waals surface area (Å²) in [4.78, 5) is 2.92. The van der Waals surface area contributed by atoms with E-state index in [9.17, 15) is 0 Å². The average molecular weight is 286 g/mol. The Bertz CT molecular complexity index is 592. The van der Waals surface area contributed by atoms with Crippen molar-refractivity contribution in [1.29, 1.82) is 0 Å². The number of hydrazine groups is 1. The second-order valence-corrected chi connectivity index (χ2v) is 6.93. The number of rotatable bonds is 3. The molecule has 2 nitrogen and oxygen atoms in total. The van der Waals surface area contributed by atoms with Crippen LogP contribution in [0, 0.1) is 13.8 Å². The molecule has 1 unspecified atom stereocenters. The van der Waals surface area contributed by atoms with Crippen LogP contribution < -0.4 is 11.3 Å². The van der Waals surface area contributed by atoms with E-state index in [0.29, 0.717) is 0 Å². The second-order valence-electron chi connectivity index (χ2n) is 5.76. The third-order valence-electron chi connectivity index (χ3n) is 4.20. The van der Waals surface area contributed by atoms with Crippen molar-refractivity contribution in [3.8, 4) is 0 Å². The van der Waals surface area contributed by atoms with Crippen LogP contribution in [0.1, 0.15) is 50.9 Å². The largest absolute Gasteiger partial charge is 0.271 e. The molecule has 1 aliphatic carbocycles. The van der Waals surface area contributed by atoms with Crippen molar-refractivity contribution >= 4 is 11.3 Å². The van der Waals surface area contributed by atoms with Crippen molar-refractivity contribution in [1.82, 2.24) is 5.43 Å². The maximum absolute atomic E-state index is 5.86. The van der Waals surface area contributed by atoms with E-state index in [1.54, 1.807) is 10.4 Å². The van der Waals surface area contributed by atoms with Gasteiger partial charge in [0, 0.05) is 9.75 Å². The minimum Gasteiger partial charge on any atom is -0.271 e. The summed E-state index contributed by atoms with van der Waals surface area (Å²) in [6.07, 6.45) is 5.13. The predicted molar refractivity (Wildman–Crippen MR) is 86.0 cm³/mol. The van der Waals surface area contributed by atoms with Gasteiger partial charge in [-0.25, -0.2) is 5.43 Å². The van der Waals surface area contributed by atoms with Gasteiger partial charge in [0.15, 0.2) is 0 Å². The fraction of sp³-hybridized carbons (Fsp3) is 0.412. The Kier molecular flexibility index (Phi) is 3.92. The fourth-order valence-electron chi connectivity index (χ4n) is 3.13. The molecule has 1 aliphatic rings. The molecule has 1 atom stereocenters. The zero-order valence-corrected chi connectivity index (χ0v) is 13.0. The molecule has 0 fully saturated rings. The van der Waals surface area contributed by atoms with E-state index in [1.165, 1.54) is 47.3 Å². The quantitative estimate of drug-likeness (QED) is 0.665. The Morgan fingerprint density at radius 3 is 2.65 bits per heavy atom. The van der Waals surface area contributed by atoms with Gasteiger partial charge in [0.05, 0.1) is 6.04 Å². The molecule has 2 aromatic rings. The van der Waals surface area contributed by atoms with Gasteiger partial charge in [-0.2, -0.15) is 0 Å². The SMILES string of the molecule is Cc1ccc(C(NN)c2cc3c(s2)CCCC3)c(C)c1. The Morgan fingerprint density at radius 1 is 1.15 bits per heavy atom. The van der Waals surface area contributed by atoms with Gasteiger partial charge in [0.25, 0.3) is 0 Å². The van der Waals surface area contributed by atoms with E-state index >= 15 is 0 Å². The van der Waals surface area contributed by atoms with E-state index in [0.717, 1.165) is 0 Å². The van der Waals surface area contributed by atoms with Crippen molar-refractivity contribution in [3.05, 3.63) is 56.3 Å². The van der Waals surface area contributed by atoms with Crippen LogP contribution in [0.15, 0.2) is 24.3 Å². The van der Waals surface area contributed by atoms with Crippen LogP contribution in [-0.4, -0.2) is 0 Å². The normalized spacial score (nSPS) is 15.9. The van der Waals surface area contributed by atoms with Gasteiger partial charge in [0.1, 0.15) is 0 Å². The Hall–Kier alpha value is -1.16. The van der Waals surface area contributed by atoms with Crippen molar-refractivity contribution in [3.63, 3.8) is 0 Å². The highest BCUT2D eigenvalue weighted by Crippen LogP contribution is 2.35. The summed E-state index contributed by atoms with van der Waals surface area (Å²) in [5, 5.41) is 0. The van der Waals surface area contributed by atoms with Gasteiger partial charge < -0.3 is 0 Å². The third kappa shape index (κ3) is 2.53. The summed E-state index contributed by atoms with van der Waals surface area (Å²) >= 11 is 1.93. The number of nitrogens with one attached hydrogen (secondary N) is 1. The zero-order chi connectivity index (χ0) is 14.1. The fourth-order valence-corrected chi connectivity index (χ4v) is 4.47. The molecule has 0 amide bonds. The van der Waals surface area contributed by atoms with Gasteiger partial charge in [-0.3, -0.25) is 5.84 Å². The molecule has 0 spiro atoms. The lowest BCUT2D eigenvalue weighted by Gasteiger charge is -2.17. The molecular formula is C17H22N2S. The van der Waals surface area contributed by atoms with Crippen LogP contribution in [0.5, 0.6) is 0 Å². The zero-order valence-electron chi connectivity index (χ0n) is 12.2. The first-order chi connectivity index (χ1) is 9.69. The highest BCUT2D eigenvalue weighted by molar-refractivity contribution is 7.12. The summed E-state index contributed by atoms with van der Waals surface area (Å²) in [5.74, 6) is 5.86. The lowest BCUT2D eigenvalue weighted by atomic mass is 9.96. The minimum atomic E-state index is 0.117. The summed E-state index contributed by atoms with van der Waals surface area (Å²) in [6.45, 7) is 4.30. The first kappa shape index (κ1) is 13.8. The molecule has 0 saturated carbocycles. The van der Waals surface area contributed by atoms with Crippen LogP contribution in [-0.2, 0) is 12.8 Å². The molecule has 0 aliphatic heterocycles. The first-order valence-corrected chi connectivity index (χ1v) is 8.15. The van der Waals surface area contributed by atoms with E-state index in [2.05, 4.69) is 43.5 Å². The second kappa shape index (κ2) is 5.68. The average Bonchev–Trinajstić information content (AvgIpc) is 2.85. The third-order valence-corrected chi connectivity index (χ3v) is 5.51. The highest BCUT2D eigenvalue weighted by Gasteiger charge is 2.20. The van der Waals surface area contributed by atoms with Gasteiger partial charge in [-0.1, -0.05) is 23.8 Å². The van der Waals surface area contributed by atoms with Crippen molar-refractivity contribution in [2.45, 2.75) is 45.6 Å². The van der Waals surface area contributed by atoms with Gasteiger partial charge in [0.2, 0.25) is 0 Å². The molecule has 0 radical (unpaired) electrons. The van der Waals surface area contributed by atoms with Crippen LogP contribution in [0.2, 0.25) is 0 Å². The van der Waals surface area contributed by atoms with E-state index in [4.69, 9.17) is 5.84 Å². The summed E-state index contributed by atoms with van der Waals surface area (Å²) in [7, 11) is 0. The van der Waals surface area contributed by atoms with Crippen LogP contribution >= 0.6 is 11.3 Å². The van der Waals surface area contributed by atoms with Gasteiger partial charge >= 0.3 is 0 Å². The van der Waals surface area contributed by atoms with Crippen molar-refractivity contribution in [2.75, 3.05) is 0 Å². The predicted octanol–water partition coefficient (Wildman–Crippen LogP) is 3.80. The molecule has 0 saturated heterocycles. The molecule has 106 valence electrons. The lowest BCUT2D eigenvalue weighted by Crippen LogP contribution is -2.28. The number of thiophene rings is 1. The molecule has 3 N–H and O–H groups in total. The Morgan fingerprint density at radius 2 is 1.95 bits per heavy atom. The molecular weight excluding hydrogens is 264 g/mol. The van der Waals surface area contributed by atoms with E-state index < -0.39 is 0 Å². The van der Waals surface area contributed by atoms with Crippen molar-refractivity contribution < 1.29 is 0 Å². The monoisotopic (exact) mass is 286 g/mol. The number of aryl methyl sites for hydroxylation is 4. The maximum atomic E-state index is 5.86. The summed E-state index contributed by atoms with van der Waals surface area (Å²) < 4.78 is 0. The number of benzene rings is 1. The number of hydrogen-bond donors (Lipinski definition) is 2. The van der Waals surface area contributed by atoms with E-state index in [-0.39, 0.29) is 6.04 Å². The Labute approximate surface area is 125 Å². The standard InChI is InChI=1S/C17H22N2S/c1-11-7-8-14(12(2)9-11)17(19-18)16-10-13-5-3-4-6-15(13)20-16/h7-10,17,19H,3-6,18H2,1-2H3. The topological polar surface area (TPSA) is 38.0 Å². The van der Waals surface area contributed by atoms with Crippen LogP contribution in [0.3, 0.4) is 0 Å². The smallest absolute Gasteiger partial charge is 0.0805 e. The molecule has 1 aromatic heterocycles. The lowest BCUT2D eigenvalue weighted by molar-refractivity contribution is 0.642. The molecule has 20 heavy (non-hydrogen) atoms. The number of hydrogen-bond acceptors (Lipinski definition) is 3. The molecule has 0 bridgehead atoms. The molecule has 1 aromatic carbocycles. The molecule has 3 rings (SSSR count). The summed E-state index contributed by atoms with van der Waals surface area (Å²) in [5.41, 5.74) is 8.45. The Balaban J connectivity index is 1.98. The van der Waals surface area contributed by atoms with Gasteiger partial charge in [-0.15, -0.1) is 11.3 Å². The number of nitrogens with two attached hydrogens (primary N) is 1. The molecule has 1 heterocycles. The number of fused-ring (bicyclic) bond motifs is 1. The maximum Gasteiger partial charge on any atom is 0.0805 e. The first-order valence-electron chi connectivity index (χ1n) is 7.34.